The fourth-order valence-electron chi connectivity index (χ4n) is 3.25. The van der Waals surface area contributed by atoms with Crippen molar-refractivity contribution in [3.05, 3.63) is 100 Å². The first kappa shape index (κ1) is 23.4. The summed E-state index contributed by atoms with van der Waals surface area (Å²) in [5, 5.41) is 0. The van der Waals surface area contributed by atoms with E-state index >= 15 is 0 Å². The number of nitrogens with zero attached hydrogens (tertiary/aromatic N) is 3. The van der Waals surface area contributed by atoms with Crippen LogP contribution in [0.25, 0.3) is 0 Å². The highest BCUT2D eigenvalue weighted by Gasteiger charge is 2.20. The van der Waals surface area contributed by atoms with E-state index in [4.69, 9.17) is 0 Å². The summed E-state index contributed by atoms with van der Waals surface area (Å²) in [6.45, 7) is 0.635. The number of carbonyl (C=O) groups is 1. The van der Waals surface area contributed by atoms with Gasteiger partial charge in [0, 0.05) is 39.4 Å². The van der Waals surface area contributed by atoms with E-state index < -0.39 is 15.6 Å². The number of benzene rings is 2. The molecule has 3 rings (SSSR count). The number of rotatable bonds is 9. The Bertz CT molecular complexity index is 1210. The van der Waals surface area contributed by atoms with Crippen molar-refractivity contribution in [1.29, 1.82) is 0 Å². The molecular formula is C24H27N3O4S. The molecule has 2 aromatic carbocycles. The normalized spacial score (nSPS) is 11.5. The third-order valence-corrected chi connectivity index (χ3v) is 6.92. The van der Waals surface area contributed by atoms with Crippen LogP contribution < -0.4 is 5.56 Å². The summed E-state index contributed by atoms with van der Waals surface area (Å²) in [7, 11) is -0.883. The van der Waals surface area contributed by atoms with Crippen molar-refractivity contribution < 1.29 is 13.2 Å². The van der Waals surface area contributed by atoms with Gasteiger partial charge < -0.3 is 9.47 Å². The van der Waals surface area contributed by atoms with Crippen LogP contribution in [0.1, 0.15) is 11.1 Å². The van der Waals surface area contributed by atoms with E-state index in [1.807, 2.05) is 60.7 Å². The van der Waals surface area contributed by atoms with Gasteiger partial charge in [-0.1, -0.05) is 60.7 Å². The Morgan fingerprint density at radius 1 is 0.875 bits per heavy atom. The van der Waals surface area contributed by atoms with E-state index in [-0.39, 0.29) is 17.3 Å². The Hall–Kier alpha value is -3.23. The van der Waals surface area contributed by atoms with Gasteiger partial charge in [0.2, 0.25) is 15.9 Å². The molecule has 1 amide bonds. The minimum absolute atomic E-state index is 0.0335. The lowest BCUT2D eigenvalue weighted by Crippen LogP contribution is -2.37. The number of sulfonamides is 1. The Morgan fingerprint density at radius 3 is 2.06 bits per heavy atom. The fourth-order valence-corrected chi connectivity index (χ4v) is 4.17. The molecule has 0 spiro atoms. The van der Waals surface area contributed by atoms with Crippen molar-refractivity contribution in [2.75, 3.05) is 20.6 Å². The third-order valence-electron chi connectivity index (χ3n) is 5.12. The van der Waals surface area contributed by atoms with E-state index in [0.29, 0.717) is 19.5 Å². The first-order valence-electron chi connectivity index (χ1n) is 10.3. The molecule has 0 atom stereocenters. The SMILES string of the molecule is CN(C)S(=O)(=O)c1ccc(=O)n(CC(=O)N(CCc2ccccc2)Cc2ccccc2)c1. The Morgan fingerprint density at radius 2 is 1.47 bits per heavy atom. The van der Waals surface area contributed by atoms with Crippen LogP contribution in [0, 0.1) is 0 Å². The molecule has 3 aromatic rings. The summed E-state index contributed by atoms with van der Waals surface area (Å²) in [4.78, 5) is 27.2. The molecule has 0 aliphatic heterocycles. The lowest BCUT2D eigenvalue weighted by molar-refractivity contribution is -0.132. The van der Waals surface area contributed by atoms with E-state index in [0.717, 1.165) is 20.0 Å². The summed E-state index contributed by atoms with van der Waals surface area (Å²) in [5.74, 6) is -0.258. The molecule has 0 aliphatic carbocycles. The van der Waals surface area contributed by atoms with Crippen LogP contribution in [0.15, 0.2) is 88.7 Å². The molecule has 8 heteroatoms. The predicted molar refractivity (Wildman–Crippen MR) is 124 cm³/mol. The average Bonchev–Trinajstić information content (AvgIpc) is 2.79. The van der Waals surface area contributed by atoms with Gasteiger partial charge in [0.25, 0.3) is 5.56 Å². The van der Waals surface area contributed by atoms with Gasteiger partial charge >= 0.3 is 0 Å². The first-order valence-corrected chi connectivity index (χ1v) is 11.7. The highest BCUT2D eigenvalue weighted by molar-refractivity contribution is 7.89. The van der Waals surface area contributed by atoms with Gasteiger partial charge in [-0.05, 0) is 23.6 Å². The molecule has 0 N–H and O–H groups in total. The predicted octanol–water partition coefficient (Wildman–Crippen LogP) is 2.37. The van der Waals surface area contributed by atoms with Crippen LogP contribution in [-0.2, 0) is 34.3 Å². The maximum Gasteiger partial charge on any atom is 0.251 e. The van der Waals surface area contributed by atoms with E-state index in [9.17, 15) is 18.0 Å². The number of pyridine rings is 1. The maximum atomic E-state index is 13.2. The van der Waals surface area contributed by atoms with Crippen LogP contribution in [0.4, 0.5) is 0 Å². The molecule has 0 bridgehead atoms. The zero-order valence-corrected chi connectivity index (χ0v) is 19.0. The van der Waals surface area contributed by atoms with Gasteiger partial charge in [-0.3, -0.25) is 9.59 Å². The molecule has 0 saturated carbocycles. The minimum Gasteiger partial charge on any atom is -0.336 e. The highest BCUT2D eigenvalue weighted by Crippen LogP contribution is 2.12. The third kappa shape index (κ3) is 5.93. The summed E-state index contributed by atoms with van der Waals surface area (Å²) in [5.41, 5.74) is 1.65. The van der Waals surface area contributed by atoms with E-state index in [1.165, 1.54) is 32.4 Å². The van der Waals surface area contributed by atoms with Crippen molar-refractivity contribution in [3.8, 4) is 0 Å². The van der Waals surface area contributed by atoms with Crippen molar-refractivity contribution in [1.82, 2.24) is 13.8 Å². The second-order valence-electron chi connectivity index (χ2n) is 7.65. The number of carbonyl (C=O) groups excluding carboxylic acids is 1. The van der Waals surface area contributed by atoms with Crippen LogP contribution in [0.2, 0.25) is 0 Å². The van der Waals surface area contributed by atoms with Crippen molar-refractivity contribution >= 4 is 15.9 Å². The van der Waals surface area contributed by atoms with Crippen LogP contribution >= 0.6 is 0 Å². The Kier molecular flexibility index (Phi) is 7.61. The number of aromatic nitrogens is 1. The molecule has 1 aromatic heterocycles. The van der Waals surface area contributed by atoms with Crippen molar-refractivity contribution in [2.45, 2.75) is 24.4 Å². The van der Waals surface area contributed by atoms with Gasteiger partial charge in [-0.2, -0.15) is 0 Å². The Labute approximate surface area is 188 Å². The second kappa shape index (κ2) is 10.4. The number of amides is 1. The highest BCUT2D eigenvalue weighted by atomic mass is 32.2. The van der Waals surface area contributed by atoms with Crippen LogP contribution in [-0.4, -0.2) is 48.7 Å². The molecular weight excluding hydrogens is 426 g/mol. The Balaban J connectivity index is 1.83. The van der Waals surface area contributed by atoms with Crippen LogP contribution in [0.5, 0.6) is 0 Å². The molecule has 1 heterocycles. The lowest BCUT2D eigenvalue weighted by Gasteiger charge is -2.24. The zero-order valence-electron chi connectivity index (χ0n) is 18.2. The molecule has 0 saturated heterocycles. The quantitative estimate of drug-likeness (QED) is 0.498. The molecule has 0 radical (unpaired) electrons. The maximum absolute atomic E-state index is 13.2. The molecule has 0 unspecified atom stereocenters. The molecule has 7 nitrogen and oxygen atoms in total. The van der Waals surface area contributed by atoms with Gasteiger partial charge in [0.15, 0.2) is 0 Å². The minimum atomic E-state index is -3.72. The monoisotopic (exact) mass is 453 g/mol. The molecule has 0 aliphatic rings. The van der Waals surface area contributed by atoms with Crippen LogP contribution in [0.3, 0.4) is 0 Å². The van der Waals surface area contributed by atoms with Gasteiger partial charge in [0.05, 0.1) is 4.90 Å². The molecule has 0 fully saturated rings. The summed E-state index contributed by atoms with van der Waals surface area (Å²) >= 11 is 0. The van der Waals surface area contributed by atoms with E-state index in [2.05, 4.69) is 0 Å². The second-order valence-corrected chi connectivity index (χ2v) is 9.81. The van der Waals surface area contributed by atoms with Crippen molar-refractivity contribution in [3.63, 3.8) is 0 Å². The van der Waals surface area contributed by atoms with Gasteiger partial charge in [0.1, 0.15) is 6.54 Å². The fraction of sp³-hybridized carbons (Fsp3) is 0.250. The average molecular weight is 454 g/mol. The standard InChI is InChI=1S/C24H27N3O4S/c1-25(2)32(30,31)22-13-14-23(28)27(18-22)19-24(29)26(17-21-11-7-4-8-12-21)16-15-20-9-5-3-6-10-20/h3-14,18H,15-17,19H2,1-2H3. The smallest absolute Gasteiger partial charge is 0.251 e. The lowest BCUT2D eigenvalue weighted by atomic mass is 10.1. The number of hydrogen-bond donors (Lipinski definition) is 0. The van der Waals surface area contributed by atoms with Gasteiger partial charge in [-0.25, -0.2) is 12.7 Å². The molecule has 32 heavy (non-hydrogen) atoms. The summed E-state index contributed by atoms with van der Waals surface area (Å²) in [6.07, 6.45) is 1.90. The zero-order chi connectivity index (χ0) is 23.1. The summed E-state index contributed by atoms with van der Waals surface area (Å²) in [6, 6.07) is 21.9. The number of hydrogen-bond acceptors (Lipinski definition) is 4. The van der Waals surface area contributed by atoms with Gasteiger partial charge in [-0.15, -0.1) is 0 Å². The first-order chi connectivity index (χ1) is 15.3. The largest absolute Gasteiger partial charge is 0.336 e. The van der Waals surface area contributed by atoms with E-state index in [1.54, 1.807) is 4.90 Å². The van der Waals surface area contributed by atoms with Crippen molar-refractivity contribution in [2.24, 2.45) is 0 Å². The molecule has 168 valence electrons. The summed E-state index contributed by atoms with van der Waals surface area (Å²) < 4.78 is 27.1. The topological polar surface area (TPSA) is 79.7 Å².